The Morgan fingerprint density at radius 1 is 1.17 bits per heavy atom. The van der Waals surface area contributed by atoms with Gasteiger partial charge in [0.15, 0.2) is 11.5 Å². The molecule has 0 unspecified atom stereocenters. The van der Waals surface area contributed by atoms with Crippen LogP contribution in [0.3, 0.4) is 0 Å². The monoisotopic (exact) mass is 326 g/mol. The molecule has 1 aromatic heterocycles. The number of fused-ring (bicyclic) bond motifs is 2. The minimum absolute atomic E-state index is 0.262. The van der Waals surface area contributed by atoms with Crippen molar-refractivity contribution in [3.63, 3.8) is 0 Å². The van der Waals surface area contributed by atoms with Crippen LogP contribution in [0.2, 0.25) is 0 Å². The Balaban J connectivity index is 1.52. The third-order valence-electron chi connectivity index (χ3n) is 4.20. The maximum absolute atomic E-state index is 5.45. The predicted molar refractivity (Wildman–Crippen MR) is 92.1 cm³/mol. The van der Waals surface area contributed by atoms with Gasteiger partial charge in [0.25, 0.3) is 0 Å². The van der Waals surface area contributed by atoms with E-state index in [1.54, 1.807) is 11.3 Å². The highest BCUT2D eigenvalue weighted by molar-refractivity contribution is 7.18. The molecule has 5 heteroatoms. The van der Waals surface area contributed by atoms with Gasteiger partial charge in [0.05, 0.1) is 16.3 Å². The van der Waals surface area contributed by atoms with Crippen molar-refractivity contribution in [3.8, 4) is 11.5 Å². The average Bonchev–Trinajstić information content (AvgIpc) is 3.19. The zero-order valence-electron chi connectivity index (χ0n) is 13.2. The third kappa shape index (κ3) is 2.78. The minimum Gasteiger partial charge on any atom is -0.454 e. The van der Waals surface area contributed by atoms with E-state index in [4.69, 9.17) is 14.5 Å². The van der Waals surface area contributed by atoms with E-state index in [-0.39, 0.29) is 6.04 Å². The van der Waals surface area contributed by atoms with Crippen molar-refractivity contribution in [1.29, 1.82) is 0 Å². The molecule has 2 heterocycles. The summed E-state index contributed by atoms with van der Waals surface area (Å²) in [5.74, 6) is 1.67. The second-order valence-electron chi connectivity index (χ2n) is 5.80. The Morgan fingerprint density at radius 2 is 2.00 bits per heavy atom. The van der Waals surface area contributed by atoms with Gasteiger partial charge in [-0.2, -0.15) is 0 Å². The normalized spacial score (nSPS) is 14.6. The molecule has 4 nitrogen and oxygen atoms in total. The highest BCUT2D eigenvalue weighted by Crippen LogP contribution is 2.34. The van der Waals surface area contributed by atoms with Crippen LogP contribution >= 0.6 is 11.3 Å². The summed E-state index contributed by atoms with van der Waals surface area (Å²) >= 11 is 1.77. The second kappa shape index (κ2) is 5.83. The zero-order valence-corrected chi connectivity index (χ0v) is 14.0. The van der Waals surface area contributed by atoms with Crippen LogP contribution in [0.4, 0.5) is 0 Å². The number of nitrogens with zero attached hydrogens (tertiary/aromatic N) is 2. The van der Waals surface area contributed by atoms with Crippen molar-refractivity contribution in [3.05, 3.63) is 53.0 Å². The molecule has 1 aliphatic heterocycles. The molecule has 0 saturated carbocycles. The SMILES string of the molecule is C[C@@H](c1nc2ccccc2s1)N(C)Cc1ccc2c(c1)OCO2. The molecule has 0 radical (unpaired) electrons. The lowest BCUT2D eigenvalue weighted by molar-refractivity contribution is 0.174. The van der Waals surface area contributed by atoms with Crippen LogP contribution in [0.5, 0.6) is 11.5 Å². The van der Waals surface area contributed by atoms with Crippen molar-refractivity contribution in [1.82, 2.24) is 9.88 Å². The first kappa shape index (κ1) is 14.5. The van der Waals surface area contributed by atoms with E-state index in [9.17, 15) is 0 Å². The van der Waals surface area contributed by atoms with E-state index >= 15 is 0 Å². The van der Waals surface area contributed by atoms with E-state index in [1.165, 1.54) is 10.3 Å². The van der Waals surface area contributed by atoms with Gasteiger partial charge < -0.3 is 9.47 Å². The van der Waals surface area contributed by atoms with Gasteiger partial charge in [-0.05, 0) is 43.8 Å². The summed E-state index contributed by atoms with van der Waals surface area (Å²) in [4.78, 5) is 7.07. The number of aromatic nitrogens is 1. The molecule has 1 atom stereocenters. The molecular weight excluding hydrogens is 308 g/mol. The lowest BCUT2D eigenvalue weighted by Gasteiger charge is -2.23. The first-order valence-corrected chi connectivity index (χ1v) is 8.46. The minimum atomic E-state index is 0.262. The molecule has 2 aromatic carbocycles. The number of benzene rings is 2. The molecule has 0 bridgehead atoms. The van der Waals surface area contributed by atoms with Gasteiger partial charge in [-0.15, -0.1) is 11.3 Å². The fourth-order valence-electron chi connectivity index (χ4n) is 2.72. The molecule has 118 valence electrons. The number of hydrogen-bond donors (Lipinski definition) is 0. The maximum atomic E-state index is 5.45. The fraction of sp³-hybridized carbons (Fsp3) is 0.278. The van der Waals surface area contributed by atoms with Crippen LogP contribution in [-0.4, -0.2) is 23.7 Å². The van der Waals surface area contributed by atoms with Crippen LogP contribution in [0.25, 0.3) is 10.2 Å². The Kier molecular flexibility index (Phi) is 3.67. The quantitative estimate of drug-likeness (QED) is 0.719. The summed E-state index contributed by atoms with van der Waals surface area (Å²) in [5, 5.41) is 1.15. The molecule has 0 saturated heterocycles. The smallest absolute Gasteiger partial charge is 0.231 e. The van der Waals surface area contributed by atoms with Gasteiger partial charge in [-0.25, -0.2) is 4.98 Å². The van der Waals surface area contributed by atoms with Gasteiger partial charge in [-0.3, -0.25) is 4.90 Å². The number of rotatable bonds is 4. The van der Waals surface area contributed by atoms with Crippen LogP contribution in [0.1, 0.15) is 23.5 Å². The summed E-state index contributed by atoms with van der Waals surface area (Å²) < 4.78 is 12.1. The molecule has 23 heavy (non-hydrogen) atoms. The molecule has 4 rings (SSSR count). The van der Waals surface area contributed by atoms with E-state index in [0.717, 1.165) is 28.6 Å². The summed E-state index contributed by atoms with van der Waals surface area (Å²) in [6, 6.07) is 14.7. The van der Waals surface area contributed by atoms with Crippen LogP contribution in [0, 0.1) is 0 Å². The highest BCUT2D eigenvalue weighted by Gasteiger charge is 2.18. The first-order valence-electron chi connectivity index (χ1n) is 7.65. The third-order valence-corrected chi connectivity index (χ3v) is 5.40. The molecule has 0 fully saturated rings. The Hall–Kier alpha value is -2.11. The standard InChI is InChI=1S/C18H18N2O2S/c1-12(18-19-14-5-3-4-6-17(14)23-18)20(2)10-13-7-8-15-16(9-13)22-11-21-15/h3-9,12H,10-11H2,1-2H3/t12-/m0/s1. The van der Waals surface area contributed by atoms with E-state index in [0.29, 0.717) is 6.79 Å². The summed E-state index contributed by atoms with van der Waals surface area (Å²) in [7, 11) is 2.13. The summed E-state index contributed by atoms with van der Waals surface area (Å²) in [6.45, 7) is 3.36. The average molecular weight is 326 g/mol. The van der Waals surface area contributed by atoms with E-state index in [2.05, 4.69) is 49.2 Å². The number of thiazole rings is 1. The van der Waals surface area contributed by atoms with Gasteiger partial charge in [0.1, 0.15) is 5.01 Å². The predicted octanol–water partition coefficient (Wildman–Crippen LogP) is 4.22. The fourth-order valence-corrected chi connectivity index (χ4v) is 3.81. The summed E-state index contributed by atoms with van der Waals surface area (Å²) in [5.41, 5.74) is 2.29. The maximum Gasteiger partial charge on any atom is 0.231 e. The zero-order chi connectivity index (χ0) is 15.8. The first-order chi connectivity index (χ1) is 11.2. The molecule has 0 aliphatic carbocycles. The van der Waals surface area contributed by atoms with Crippen molar-refractivity contribution < 1.29 is 9.47 Å². The largest absolute Gasteiger partial charge is 0.454 e. The molecule has 0 amide bonds. The number of ether oxygens (including phenoxy) is 2. The molecular formula is C18H18N2O2S. The topological polar surface area (TPSA) is 34.6 Å². The molecule has 3 aromatic rings. The van der Waals surface area contributed by atoms with Gasteiger partial charge >= 0.3 is 0 Å². The van der Waals surface area contributed by atoms with Crippen molar-refractivity contribution in [2.75, 3.05) is 13.8 Å². The summed E-state index contributed by atoms with van der Waals surface area (Å²) in [6.07, 6.45) is 0. The van der Waals surface area contributed by atoms with Crippen molar-refractivity contribution in [2.24, 2.45) is 0 Å². The molecule has 0 spiro atoms. The molecule has 0 N–H and O–H groups in total. The van der Waals surface area contributed by atoms with Crippen molar-refractivity contribution >= 4 is 21.6 Å². The van der Waals surface area contributed by atoms with Crippen LogP contribution in [0.15, 0.2) is 42.5 Å². The Labute approximate surface area is 139 Å². The van der Waals surface area contributed by atoms with Crippen LogP contribution < -0.4 is 9.47 Å². The number of hydrogen-bond acceptors (Lipinski definition) is 5. The van der Waals surface area contributed by atoms with Gasteiger partial charge in [0.2, 0.25) is 6.79 Å². The second-order valence-corrected chi connectivity index (χ2v) is 6.86. The van der Waals surface area contributed by atoms with E-state index in [1.807, 2.05) is 12.1 Å². The Bertz CT molecular complexity index is 813. The van der Waals surface area contributed by atoms with E-state index < -0.39 is 0 Å². The lowest BCUT2D eigenvalue weighted by atomic mass is 10.1. The highest BCUT2D eigenvalue weighted by atomic mass is 32.1. The number of para-hydroxylation sites is 1. The van der Waals surface area contributed by atoms with Gasteiger partial charge in [0, 0.05) is 6.54 Å². The van der Waals surface area contributed by atoms with Crippen molar-refractivity contribution in [2.45, 2.75) is 19.5 Å². The molecule has 1 aliphatic rings. The van der Waals surface area contributed by atoms with Gasteiger partial charge in [-0.1, -0.05) is 18.2 Å². The Morgan fingerprint density at radius 3 is 2.87 bits per heavy atom. The lowest BCUT2D eigenvalue weighted by Crippen LogP contribution is -2.21. The van der Waals surface area contributed by atoms with Crippen LogP contribution in [-0.2, 0) is 6.54 Å².